The third-order valence-corrected chi connectivity index (χ3v) is 6.66. The summed E-state index contributed by atoms with van der Waals surface area (Å²) in [4.78, 5) is 11.1. The topological polar surface area (TPSA) is 71.5 Å². The molecule has 0 atom stereocenters. The SMILES string of the molecule is COc1ccc(Br)cc1Nc1ncnc2cc(OC(F)F)c(NC3CCN(C(C)(C)C)CC3)cc12. The standard InChI is InChI=1S/C25H30BrF2N5O2/c1-25(2,3)33-9-7-16(8-10-33)31-20-12-17-18(13-22(20)35-24(27)28)29-14-30-23(17)32-19-11-15(26)5-6-21(19)34-4/h5-6,11-14,16,24,31H,7-10H2,1-4H3,(H,29,30,32). The number of benzene rings is 2. The summed E-state index contributed by atoms with van der Waals surface area (Å²) in [5.74, 6) is 1.23. The van der Waals surface area contributed by atoms with Crippen LogP contribution >= 0.6 is 15.9 Å². The first-order chi connectivity index (χ1) is 16.6. The molecule has 2 N–H and O–H groups in total. The van der Waals surface area contributed by atoms with Gasteiger partial charge < -0.3 is 20.1 Å². The molecule has 0 amide bonds. The predicted octanol–water partition coefficient (Wildman–Crippen LogP) is 6.42. The Balaban J connectivity index is 1.67. The second-order valence-electron chi connectivity index (χ2n) is 9.51. The summed E-state index contributed by atoms with van der Waals surface area (Å²) in [7, 11) is 1.59. The smallest absolute Gasteiger partial charge is 0.387 e. The molecule has 1 aliphatic heterocycles. The molecule has 2 heterocycles. The van der Waals surface area contributed by atoms with Crippen LogP contribution in [0.15, 0.2) is 41.1 Å². The average Bonchev–Trinajstić information content (AvgIpc) is 2.79. The number of hydrogen-bond acceptors (Lipinski definition) is 7. The van der Waals surface area contributed by atoms with E-state index in [-0.39, 0.29) is 17.3 Å². The van der Waals surface area contributed by atoms with E-state index in [9.17, 15) is 8.78 Å². The number of nitrogens with zero attached hydrogens (tertiary/aromatic N) is 3. The third kappa shape index (κ3) is 6.10. The van der Waals surface area contributed by atoms with Crippen LogP contribution < -0.4 is 20.1 Å². The molecule has 1 fully saturated rings. The van der Waals surface area contributed by atoms with Gasteiger partial charge in [-0.1, -0.05) is 15.9 Å². The maximum Gasteiger partial charge on any atom is 0.387 e. The fourth-order valence-electron chi connectivity index (χ4n) is 4.31. The number of rotatable bonds is 7. The van der Waals surface area contributed by atoms with Crippen LogP contribution in [0.2, 0.25) is 0 Å². The first kappa shape index (κ1) is 25.4. The Morgan fingerprint density at radius 2 is 1.80 bits per heavy atom. The van der Waals surface area contributed by atoms with Crippen LogP contribution in [0.3, 0.4) is 0 Å². The van der Waals surface area contributed by atoms with Gasteiger partial charge in [-0.2, -0.15) is 8.78 Å². The van der Waals surface area contributed by atoms with Gasteiger partial charge in [0, 0.05) is 40.6 Å². The summed E-state index contributed by atoms with van der Waals surface area (Å²) in [6, 6.07) is 9.03. The predicted molar refractivity (Wildman–Crippen MR) is 138 cm³/mol. The van der Waals surface area contributed by atoms with Gasteiger partial charge in [-0.15, -0.1) is 0 Å². The Hall–Kier alpha value is -2.72. The van der Waals surface area contributed by atoms with E-state index in [1.165, 1.54) is 12.4 Å². The molecule has 4 rings (SSSR count). The van der Waals surface area contributed by atoms with E-state index in [1.807, 2.05) is 18.2 Å². The number of likely N-dealkylation sites (tertiary alicyclic amines) is 1. The highest BCUT2D eigenvalue weighted by atomic mass is 79.9. The Bertz CT molecular complexity index is 1180. The Morgan fingerprint density at radius 1 is 1.06 bits per heavy atom. The lowest BCUT2D eigenvalue weighted by Gasteiger charge is -2.41. The molecule has 3 aromatic rings. The van der Waals surface area contributed by atoms with Gasteiger partial charge in [-0.25, -0.2) is 9.97 Å². The normalized spacial score (nSPS) is 15.4. The van der Waals surface area contributed by atoms with Crippen molar-refractivity contribution in [2.45, 2.75) is 51.8 Å². The van der Waals surface area contributed by atoms with Gasteiger partial charge in [0.2, 0.25) is 0 Å². The number of piperidine rings is 1. The molecule has 1 aliphatic rings. The minimum Gasteiger partial charge on any atom is -0.495 e. The van der Waals surface area contributed by atoms with Gasteiger partial charge in [0.1, 0.15) is 17.9 Å². The quantitative estimate of drug-likeness (QED) is 0.352. The molecule has 0 unspecified atom stereocenters. The molecule has 2 aromatic carbocycles. The number of hydrogen-bond donors (Lipinski definition) is 2. The summed E-state index contributed by atoms with van der Waals surface area (Å²) < 4.78 is 37.7. The molecule has 0 aliphatic carbocycles. The van der Waals surface area contributed by atoms with Gasteiger partial charge in [0.05, 0.1) is 24.0 Å². The van der Waals surface area contributed by atoms with Crippen molar-refractivity contribution in [3.63, 3.8) is 0 Å². The zero-order chi connectivity index (χ0) is 25.2. The molecule has 35 heavy (non-hydrogen) atoms. The van der Waals surface area contributed by atoms with E-state index in [0.29, 0.717) is 33.8 Å². The first-order valence-electron chi connectivity index (χ1n) is 11.5. The number of halogens is 3. The molecule has 188 valence electrons. The minimum absolute atomic E-state index is 0.0652. The van der Waals surface area contributed by atoms with Crippen molar-refractivity contribution in [3.05, 3.63) is 41.1 Å². The molecule has 0 saturated carbocycles. The molecule has 1 saturated heterocycles. The van der Waals surface area contributed by atoms with Crippen molar-refractivity contribution in [1.29, 1.82) is 0 Å². The van der Waals surface area contributed by atoms with E-state index < -0.39 is 6.61 Å². The van der Waals surface area contributed by atoms with Gasteiger partial charge >= 0.3 is 6.61 Å². The van der Waals surface area contributed by atoms with Crippen LogP contribution in [-0.4, -0.2) is 53.3 Å². The molecule has 1 aromatic heterocycles. The average molecular weight is 550 g/mol. The van der Waals surface area contributed by atoms with E-state index >= 15 is 0 Å². The highest BCUT2D eigenvalue weighted by Crippen LogP contribution is 2.37. The monoisotopic (exact) mass is 549 g/mol. The summed E-state index contributed by atoms with van der Waals surface area (Å²) >= 11 is 3.47. The number of alkyl halides is 2. The van der Waals surface area contributed by atoms with Crippen molar-refractivity contribution in [2.24, 2.45) is 0 Å². The number of nitrogens with one attached hydrogen (secondary N) is 2. The fraction of sp³-hybridized carbons (Fsp3) is 0.440. The zero-order valence-corrected chi connectivity index (χ0v) is 21.8. The minimum atomic E-state index is -2.94. The zero-order valence-electron chi connectivity index (χ0n) is 20.2. The maximum absolute atomic E-state index is 13.2. The maximum atomic E-state index is 13.2. The second-order valence-corrected chi connectivity index (χ2v) is 10.4. The summed E-state index contributed by atoms with van der Waals surface area (Å²) in [5, 5.41) is 7.40. The van der Waals surface area contributed by atoms with E-state index in [4.69, 9.17) is 9.47 Å². The van der Waals surface area contributed by atoms with Crippen LogP contribution in [-0.2, 0) is 0 Å². The van der Waals surface area contributed by atoms with Gasteiger partial charge in [0.25, 0.3) is 0 Å². The molecule has 0 radical (unpaired) electrons. The van der Waals surface area contributed by atoms with Crippen molar-refractivity contribution >= 4 is 44.0 Å². The van der Waals surface area contributed by atoms with Crippen molar-refractivity contribution < 1.29 is 18.3 Å². The molecular formula is C25H30BrF2N5O2. The number of anilines is 3. The number of fused-ring (bicyclic) bond motifs is 1. The first-order valence-corrected chi connectivity index (χ1v) is 12.3. The lowest BCUT2D eigenvalue weighted by Crippen LogP contribution is -2.48. The fourth-order valence-corrected chi connectivity index (χ4v) is 4.67. The third-order valence-electron chi connectivity index (χ3n) is 6.17. The molecule has 10 heteroatoms. The molecular weight excluding hydrogens is 520 g/mol. The van der Waals surface area contributed by atoms with Crippen LogP contribution in [0.4, 0.5) is 26.0 Å². The Morgan fingerprint density at radius 3 is 2.46 bits per heavy atom. The highest BCUT2D eigenvalue weighted by Gasteiger charge is 2.27. The van der Waals surface area contributed by atoms with Crippen molar-refractivity contribution in [3.8, 4) is 11.5 Å². The van der Waals surface area contributed by atoms with E-state index in [2.05, 4.69) is 62.2 Å². The van der Waals surface area contributed by atoms with Gasteiger partial charge in [0.15, 0.2) is 5.75 Å². The van der Waals surface area contributed by atoms with Crippen molar-refractivity contribution in [2.75, 3.05) is 30.8 Å². The van der Waals surface area contributed by atoms with Crippen LogP contribution in [0.1, 0.15) is 33.6 Å². The van der Waals surface area contributed by atoms with E-state index in [1.54, 1.807) is 13.2 Å². The van der Waals surface area contributed by atoms with Gasteiger partial charge in [-0.05, 0) is 57.9 Å². The Kier molecular flexibility index (Phi) is 7.61. The van der Waals surface area contributed by atoms with Crippen LogP contribution in [0.5, 0.6) is 11.5 Å². The number of methoxy groups -OCH3 is 1. The molecule has 0 spiro atoms. The lowest BCUT2D eigenvalue weighted by molar-refractivity contribution is -0.0493. The second kappa shape index (κ2) is 10.5. The van der Waals surface area contributed by atoms with Crippen molar-refractivity contribution in [1.82, 2.24) is 14.9 Å². The summed E-state index contributed by atoms with van der Waals surface area (Å²) in [6.07, 6.45) is 3.18. The van der Waals surface area contributed by atoms with E-state index in [0.717, 1.165) is 30.4 Å². The molecule has 0 bridgehead atoms. The van der Waals surface area contributed by atoms with Crippen LogP contribution in [0.25, 0.3) is 10.9 Å². The largest absolute Gasteiger partial charge is 0.495 e. The highest BCUT2D eigenvalue weighted by molar-refractivity contribution is 9.10. The summed E-state index contributed by atoms with van der Waals surface area (Å²) in [5.41, 5.74) is 1.79. The number of ether oxygens (including phenoxy) is 2. The Labute approximate surface area is 212 Å². The van der Waals surface area contributed by atoms with Gasteiger partial charge in [-0.3, -0.25) is 4.90 Å². The van der Waals surface area contributed by atoms with Crippen LogP contribution in [0, 0.1) is 0 Å². The summed E-state index contributed by atoms with van der Waals surface area (Å²) in [6.45, 7) is 5.52. The number of aromatic nitrogens is 2. The molecule has 7 nitrogen and oxygen atoms in total. The lowest BCUT2D eigenvalue weighted by atomic mass is 9.98.